The van der Waals surface area contributed by atoms with Crippen molar-refractivity contribution in [2.24, 2.45) is 0 Å². The van der Waals surface area contributed by atoms with Gasteiger partial charge in [0.1, 0.15) is 5.76 Å². The van der Waals surface area contributed by atoms with E-state index >= 15 is 0 Å². The molecule has 0 saturated carbocycles. The van der Waals surface area contributed by atoms with Crippen LogP contribution in [0.3, 0.4) is 0 Å². The predicted octanol–water partition coefficient (Wildman–Crippen LogP) is 0.801. The summed E-state index contributed by atoms with van der Waals surface area (Å²) in [6.07, 6.45) is 0. The molecule has 1 heterocycles. The monoisotopic (exact) mass is 295 g/mol. The van der Waals surface area contributed by atoms with Gasteiger partial charge in [0.05, 0.1) is 6.54 Å². The number of carbonyl (C=O) groups is 3. The van der Waals surface area contributed by atoms with E-state index in [1.165, 1.54) is 20.9 Å². The average Bonchev–Trinajstić information content (AvgIpc) is 2.80. The number of aliphatic carboxylic acids is 1. The Hall–Kier alpha value is -2.64. The van der Waals surface area contributed by atoms with E-state index in [0.717, 1.165) is 4.90 Å². The first-order valence-corrected chi connectivity index (χ1v) is 6.11. The van der Waals surface area contributed by atoms with Crippen LogP contribution in [0, 0.1) is 6.92 Å². The maximum Gasteiger partial charge on any atom is 0.331 e. The summed E-state index contributed by atoms with van der Waals surface area (Å²) in [5.41, 5.74) is 0.0227. The fourth-order valence-corrected chi connectivity index (χ4v) is 1.50. The first-order valence-electron chi connectivity index (χ1n) is 6.11. The molecule has 0 aliphatic rings. The van der Waals surface area contributed by atoms with Crippen LogP contribution in [0.5, 0.6) is 0 Å². The maximum absolute atomic E-state index is 12.0. The highest BCUT2D eigenvalue weighted by Crippen LogP contribution is 2.09. The molecule has 114 valence electrons. The van der Waals surface area contributed by atoms with Gasteiger partial charge in [-0.2, -0.15) is 0 Å². The van der Waals surface area contributed by atoms with E-state index in [1.807, 2.05) is 0 Å². The summed E-state index contributed by atoms with van der Waals surface area (Å²) < 4.78 is 4.80. The lowest BCUT2D eigenvalue weighted by Crippen LogP contribution is -2.36. The van der Waals surface area contributed by atoms with Gasteiger partial charge < -0.3 is 19.8 Å². The summed E-state index contributed by atoms with van der Waals surface area (Å²) in [4.78, 5) is 35.7. The average molecular weight is 295 g/mol. The molecule has 0 fully saturated rings. The molecule has 0 spiro atoms. The summed E-state index contributed by atoms with van der Waals surface area (Å²) in [5.74, 6) is -1.35. The standard InChI is InChI=1S/C13H17N3O5/c1-7-5-10(15-21-7)14-11(17)6-16(4)12(18)8(2)9(3)13(19)20/h5H,6H2,1-4H3,(H,19,20)(H,14,15,17). The molecule has 0 unspecified atom stereocenters. The molecule has 0 aliphatic carbocycles. The Kier molecular flexibility index (Phi) is 5.23. The molecule has 1 aromatic heterocycles. The molecule has 0 atom stereocenters. The normalized spacial score (nSPS) is 11.6. The Morgan fingerprint density at radius 1 is 1.33 bits per heavy atom. The Labute approximate surface area is 121 Å². The summed E-state index contributed by atoms with van der Waals surface area (Å²) in [5, 5.41) is 14.9. The van der Waals surface area contributed by atoms with Gasteiger partial charge in [-0.25, -0.2) is 4.79 Å². The summed E-state index contributed by atoms with van der Waals surface area (Å²) in [7, 11) is 1.41. The quantitative estimate of drug-likeness (QED) is 0.777. The second kappa shape index (κ2) is 6.69. The van der Waals surface area contributed by atoms with Crippen molar-refractivity contribution in [2.45, 2.75) is 20.8 Å². The molecular formula is C13H17N3O5. The summed E-state index contributed by atoms with van der Waals surface area (Å²) in [6.45, 7) is 4.19. The molecule has 0 radical (unpaired) electrons. The molecule has 0 bridgehead atoms. The Morgan fingerprint density at radius 3 is 2.43 bits per heavy atom. The van der Waals surface area contributed by atoms with Crippen molar-refractivity contribution >= 4 is 23.6 Å². The first kappa shape index (κ1) is 16.4. The zero-order valence-corrected chi connectivity index (χ0v) is 12.3. The van der Waals surface area contributed by atoms with Gasteiger partial charge in [-0.3, -0.25) is 9.59 Å². The zero-order chi connectivity index (χ0) is 16.2. The molecule has 0 aliphatic heterocycles. The third kappa shape index (κ3) is 4.44. The number of carboxylic acids is 1. The summed E-state index contributed by atoms with van der Waals surface area (Å²) in [6, 6.07) is 1.54. The van der Waals surface area contributed by atoms with Gasteiger partial charge in [-0.1, -0.05) is 5.16 Å². The first-order chi connectivity index (χ1) is 9.72. The molecule has 8 heteroatoms. The highest BCUT2D eigenvalue weighted by Gasteiger charge is 2.19. The number of hydrogen-bond acceptors (Lipinski definition) is 5. The minimum absolute atomic E-state index is 0.0561. The molecule has 0 aromatic carbocycles. The van der Waals surface area contributed by atoms with Gasteiger partial charge >= 0.3 is 5.97 Å². The third-order valence-corrected chi connectivity index (χ3v) is 2.83. The van der Waals surface area contributed by atoms with Crippen LogP contribution in [0.25, 0.3) is 0 Å². The van der Waals surface area contributed by atoms with Gasteiger partial charge in [0.25, 0.3) is 0 Å². The van der Waals surface area contributed by atoms with Crippen LogP contribution in [0.15, 0.2) is 21.7 Å². The molecule has 1 aromatic rings. The van der Waals surface area contributed by atoms with Crippen LogP contribution in [0.1, 0.15) is 19.6 Å². The van der Waals surface area contributed by atoms with Crippen LogP contribution in [-0.4, -0.2) is 46.5 Å². The minimum atomic E-state index is -1.17. The Bertz CT molecular complexity index is 603. The highest BCUT2D eigenvalue weighted by molar-refractivity contribution is 6.03. The SMILES string of the molecule is CC(C(=O)O)=C(C)C(=O)N(C)CC(=O)Nc1cc(C)on1. The van der Waals surface area contributed by atoms with Gasteiger partial charge in [0, 0.05) is 24.3 Å². The van der Waals surface area contributed by atoms with E-state index in [9.17, 15) is 14.4 Å². The third-order valence-electron chi connectivity index (χ3n) is 2.83. The van der Waals surface area contributed by atoms with Crippen LogP contribution >= 0.6 is 0 Å². The zero-order valence-electron chi connectivity index (χ0n) is 12.3. The molecule has 2 amide bonds. The van der Waals surface area contributed by atoms with Gasteiger partial charge in [0.15, 0.2) is 5.82 Å². The highest BCUT2D eigenvalue weighted by atomic mass is 16.5. The topological polar surface area (TPSA) is 113 Å². The fourth-order valence-electron chi connectivity index (χ4n) is 1.50. The molecular weight excluding hydrogens is 278 g/mol. The number of nitrogens with zero attached hydrogens (tertiary/aromatic N) is 2. The van der Waals surface area contributed by atoms with E-state index in [-0.39, 0.29) is 23.5 Å². The number of carboxylic acid groups (broad SMARTS) is 1. The lowest BCUT2D eigenvalue weighted by Gasteiger charge is -2.17. The number of likely N-dealkylation sites (N-methyl/N-ethyl adjacent to an activating group) is 1. The van der Waals surface area contributed by atoms with Crippen molar-refractivity contribution in [1.82, 2.24) is 10.1 Å². The van der Waals surface area contributed by atoms with Crippen LogP contribution in [-0.2, 0) is 14.4 Å². The van der Waals surface area contributed by atoms with E-state index in [1.54, 1.807) is 13.0 Å². The Balaban J connectivity index is 2.66. The van der Waals surface area contributed by atoms with Crippen molar-refractivity contribution in [2.75, 3.05) is 18.9 Å². The number of aryl methyl sites for hydroxylation is 1. The van der Waals surface area contributed by atoms with Crippen LogP contribution < -0.4 is 5.32 Å². The number of carbonyl (C=O) groups excluding carboxylic acids is 2. The number of hydrogen-bond donors (Lipinski definition) is 2. The van der Waals surface area contributed by atoms with E-state index in [0.29, 0.717) is 5.76 Å². The molecule has 2 N–H and O–H groups in total. The second-order valence-corrected chi connectivity index (χ2v) is 4.59. The van der Waals surface area contributed by atoms with Crippen LogP contribution in [0.2, 0.25) is 0 Å². The number of amides is 2. The number of nitrogens with one attached hydrogen (secondary N) is 1. The van der Waals surface area contributed by atoms with Crippen LogP contribution in [0.4, 0.5) is 5.82 Å². The van der Waals surface area contributed by atoms with Crippen molar-refractivity contribution in [1.29, 1.82) is 0 Å². The van der Waals surface area contributed by atoms with Gasteiger partial charge in [-0.05, 0) is 20.8 Å². The predicted molar refractivity (Wildman–Crippen MR) is 73.5 cm³/mol. The van der Waals surface area contributed by atoms with Crippen molar-refractivity contribution < 1.29 is 24.0 Å². The lowest BCUT2D eigenvalue weighted by atomic mass is 10.1. The largest absolute Gasteiger partial charge is 0.478 e. The second-order valence-electron chi connectivity index (χ2n) is 4.59. The minimum Gasteiger partial charge on any atom is -0.478 e. The molecule has 1 rings (SSSR count). The summed E-state index contributed by atoms with van der Waals surface area (Å²) >= 11 is 0. The van der Waals surface area contributed by atoms with E-state index in [2.05, 4.69) is 10.5 Å². The van der Waals surface area contributed by atoms with Crippen molar-refractivity contribution in [3.63, 3.8) is 0 Å². The fraction of sp³-hybridized carbons (Fsp3) is 0.385. The maximum atomic E-state index is 12.0. The van der Waals surface area contributed by atoms with E-state index < -0.39 is 17.8 Å². The number of rotatable bonds is 5. The Morgan fingerprint density at radius 2 is 1.95 bits per heavy atom. The van der Waals surface area contributed by atoms with Crippen molar-refractivity contribution in [3.05, 3.63) is 23.0 Å². The number of anilines is 1. The molecule has 21 heavy (non-hydrogen) atoms. The van der Waals surface area contributed by atoms with Crippen molar-refractivity contribution in [3.8, 4) is 0 Å². The molecule has 0 saturated heterocycles. The molecule has 8 nitrogen and oxygen atoms in total. The van der Waals surface area contributed by atoms with Gasteiger partial charge in [-0.15, -0.1) is 0 Å². The lowest BCUT2D eigenvalue weighted by molar-refractivity contribution is -0.134. The number of aromatic nitrogens is 1. The van der Waals surface area contributed by atoms with Gasteiger partial charge in [0.2, 0.25) is 11.8 Å². The van der Waals surface area contributed by atoms with E-state index in [4.69, 9.17) is 9.63 Å². The smallest absolute Gasteiger partial charge is 0.331 e.